The number of aliphatic imine (C=N–C) groups is 1. The van der Waals surface area contributed by atoms with E-state index in [-0.39, 0.29) is 11.8 Å². The molecular formula is C15H14ClNO. The molecule has 0 saturated carbocycles. The summed E-state index contributed by atoms with van der Waals surface area (Å²) in [4.78, 5) is 4.42. The number of phenolic OH excluding ortho intramolecular Hbond substituents is 1. The van der Waals surface area contributed by atoms with Crippen molar-refractivity contribution in [1.29, 1.82) is 0 Å². The maximum absolute atomic E-state index is 9.67. The molecule has 0 spiro atoms. The van der Waals surface area contributed by atoms with Gasteiger partial charge in [-0.15, -0.1) is 0 Å². The number of halogens is 1. The van der Waals surface area contributed by atoms with Gasteiger partial charge in [-0.25, -0.2) is 0 Å². The van der Waals surface area contributed by atoms with Gasteiger partial charge in [0.25, 0.3) is 0 Å². The summed E-state index contributed by atoms with van der Waals surface area (Å²) in [6.45, 7) is 2.01. The Balaban J connectivity index is 2.18. The predicted octanol–water partition coefficient (Wildman–Crippen LogP) is 4.23. The van der Waals surface area contributed by atoms with Crippen LogP contribution in [0.5, 0.6) is 5.75 Å². The fourth-order valence-electron chi connectivity index (χ4n) is 1.64. The first-order chi connectivity index (χ1) is 8.66. The van der Waals surface area contributed by atoms with E-state index in [2.05, 4.69) is 4.99 Å². The molecule has 0 fully saturated rings. The van der Waals surface area contributed by atoms with Crippen molar-refractivity contribution >= 4 is 17.8 Å². The zero-order chi connectivity index (χ0) is 13.0. The summed E-state index contributed by atoms with van der Waals surface area (Å²) in [5.74, 6) is 0.184. The zero-order valence-corrected chi connectivity index (χ0v) is 10.8. The van der Waals surface area contributed by atoms with Crippen molar-refractivity contribution in [2.75, 3.05) is 0 Å². The third-order valence-electron chi connectivity index (χ3n) is 2.71. The second-order valence-corrected chi connectivity index (χ2v) is 4.50. The summed E-state index contributed by atoms with van der Waals surface area (Å²) in [7, 11) is 0. The first-order valence-electron chi connectivity index (χ1n) is 5.73. The standard InChI is InChI=1S/C15H14ClNO/c1-11(12-5-3-2-4-6-12)17-10-13-9-14(16)7-8-15(13)18/h2-11,18H,1H3. The second kappa shape index (κ2) is 5.69. The van der Waals surface area contributed by atoms with Gasteiger partial charge >= 0.3 is 0 Å². The van der Waals surface area contributed by atoms with Gasteiger partial charge in [0.15, 0.2) is 0 Å². The highest BCUT2D eigenvalue weighted by atomic mass is 35.5. The third-order valence-corrected chi connectivity index (χ3v) is 2.94. The number of aromatic hydroxyl groups is 1. The molecule has 2 aromatic rings. The quantitative estimate of drug-likeness (QED) is 0.822. The molecule has 1 unspecified atom stereocenters. The van der Waals surface area contributed by atoms with Gasteiger partial charge < -0.3 is 5.11 Å². The Morgan fingerprint density at radius 2 is 1.89 bits per heavy atom. The lowest BCUT2D eigenvalue weighted by Crippen LogP contribution is -1.91. The van der Waals surface area contributed by atoms with Gasteiger partial charge in [0.1, 0.15) is 5.75 Å². The van der Waals surface area contributed by atoms with Crippen molar-refractivity contribution in [2.24, 2.45) is 4.99 Å². The molecule has 18 heavy (non-hydrogen) atoms. The zero-order valence-electron chi connectivity index (χ0n) is 10.0. The average molecular weight is 260 g/mol. The highest BCUT2D eigenvalue weighted by molar-refractivity contribution is 6.30. The molecule has 92 valence electrons. The van der Waals surface area contributed by atoms with Crippen LogP contribution in [-0.2, 0) is 0 Å². The number of rotatable bonds is 3. The molecule has 2 rings (SSSR count). The van der Waals surface area contributed by atoms with Gasteiger partial charge in [-0.1, -0.05) is 41.9 Å². The van der Waals surface area contributed by atoms with Crippen LogP contribution < -0.4 is 0 Å². The van der Waals surface area contributed by atoms with Gasteiger partial charge in [0.2, 0.25) is 0 Å². The summed E-state index contributed by atoms with van der Waals surface area (Å²) in [5, 5.41) is 10.3. The highest BCUT2D eigenvalue weighted by Gasteiger charge is 2.02. The Morgan fingerprint density at radius 3 is 2.61 bits per heavy atom. The Hall–Kier alpha value is -1.80. The largest absolute Gasteiger partial charge is 0.507 e. The molecule has 0 amide bonds. The first kappa shape index (κ1) is 12.7. The Kier molecular flexibility index (Phi) is 4.00. The molecule has 0 aliphatic carbocycles. The maximum Gasteiger partial charge on any atom is 0.124 e. The normalized spacial score (nSPS) is 12.8. The SMILES string of the molecule is CC(N=Cc1cc(Cl)ccc1O)c1ccccc1. The lowest BCUT2D eigenvalue weighted by atomic mass is 10.1. The van der Waals surface area contributed by atoms with Crippen LogP contribution in [-0.4, -0.2) is 11.3 Å². The number of hydrogen-bond donors (Lipinski definition) is 1. The molecule has 3 heteroatoms. The molecule has 2 aromatic carbocycles. The predicted molar refractivity (Wildman–Crippen MR) is 75.6 cm³/mol. The van der Waals surface area contributed by atoms with Crippen molar-refractivity contribution in [3.63, 3.8) is 0 Å². The van der Waals surface area contributed by atoms with E-state index in [9.17, 15) is 5.11 Å². The molecule has 0 saturated heterocycles. The van der Waals surface area contributed by atoms with Crippen LogP contribution in [0.3, 0.4) is 0 Å². The fraction of sp³-hybridized carbons (Fsp3) is 0.133. The van der Waals surface area contributed by atoms with Crippen molar-refractivity contribution in [2.45, 2.75) is 13.0 Å². The van der Waals surface area contributed by atoms with Crippen molar-refractivity contribution < 1.29 is 5.11 Å². The van der Waals surface area contributed by atoms with Crippen LogP contribution in [0.2, 0.25) is 5.02 Å². The molecular weight excluding hydrogens is 246 g/mol. The van der Waals surface area contributed by atoms with E-state index in [1.165, 1.54) is 0 Å². The second-order valence-electron chi connectivity index (χ2n) is 4.07. The van der Waals surface area contributed by atoms with Crippen molar-refractivity contribution in [1.82, 2.24) is 0 Å². The van der Waals surface area contributed by atoms with E-state index in [1.54, 1.807) is 24.4 Å². The smallest absolute Gasteiger partial charge is 0.124 e. The molecule has 0 aliphatic heterocycles. The third kappa shape index (κ3) is 3.11. The maximum atomic E-state index is 9.67. The van der Waals surface area contributed by atoms with Crippen LogP contribution in [0.25, 0.3) is 0 Å². The number of benzene rings is 2. The summed E-state index contributed by atoms with van der Waals surface area (Å²) in [5.41, 5.74) is 1.76. The van der Waals surface area contributed by atoms with E-state index in [1.807, 2.05) is 37.3 Å². The van der Waals surface area contributed by atoms with Gasteiger partial charge in [-0.2, -0.15) is 0 Å². The first-order valence-corrected chi connectivity index (χ1v) is 6.11. The van der Waals surface area contributed by atoms with Gasteiger partial charge in [0.05, 0.1) is 6.04 Å². The van der Waals surface area contributed by atoms with Crippen LogP contribution >= 0.6 is 11.6 Å². The summed E-state index contributed by atoms with van der Waals surface area (Å²) < 4.78 is 0. The van der Waals surface area contributed by atoms with Crippen LogP contribution in [0.1, 0.15) is 24.1 Å². The molecule has 0 aliphatic rings. The molecule has 2 nitrogen and oxygen atoms in total. The number of hydrogen-bond acceptors (Lipinski definition) is 2. The molecule has 1 N–H and O–H groups in total. The fourth-order valence-corrected chi connectivity index (χ4v) is 1.82. The average Bonchev–Trinajstić information content (AvgIpc) is 2.40. The Bertz CT molecular complexity index is 552. The van der Waals surface area contributed by atoms with Crippen molar-refractivity contribution in [3.05, 3.63) is 64.7 Å². The summed E-state index contributed by atoms with van der Waals surface area (Å²) >= 11 is 5.88. The van der Waals surface area contributed by atoms with E-state index in [4.69, 9.17) is 11.6 Å². The number of phenols is 1. The molecule has 1 atom stereocenters. The minimum absolute atomic E-state index is 0.0459. The molecule has 0 radical (unpaired) electrons. The highest BCUT2D eigenvalue weighted by Crippen LogP contribution is 2.21. The van der Waals surface area contributed by atoms with E-state index >= 15 is 0 Å². The van der Waals surface area contributed by atoms with Gasteiger partial charge in [-0.3, -0.25) is 4.99 Å². The monoisotopic (exact) mass is 259 g/mol. The Labute approximate surface area is 112 Å². The number of nitrogens with zero attached hydrogens (tertiary/aromatic N) is 1. The van der Waals surface area contributed by atoms with Gasteiger partial charge in [0, 0.05) is 16.8 Å². The molecule has 0 heterocycles. The van der Waals surface area contributed by atoms with Crippen molar-refractivity contribution in [3.8, 4) is 5.75 Å². The van der Waals surface area contributed by atoms with Gasteiger partial charge in [-0.05, 0) is 30.7 Å². The molecule has 0 aromatic heterocycles. The van der Waals surface area contributed by atoms with Crippen LogP contribution in [0.15, 0.2) is 53.5 Å². The van der Waals surface area contributed by atoms with Crippen LogP contribution in [0.4, 0.5) is 0 Å². The lowest BCUT2D eigenvalue weighted by molar-refractivity contribution is 0.474. The van der Waals surface area contributed by atoms with Crippen LogP contribution in [0, 0.1) is 0 Å². The minimum Gasteiger partial charge on any atom is -0.507 e. The van der Waals surface area contributed by atoms with E-state index in [0.717, 1.165) is 5.56 Å². The minimum atomic E-state index is 0.0459. The molecule has 0 bridgehead atoms. The Morgan fingerprint density at radius 1 is 1.17 bits per heavy atom. The summed E-state index contributed by atoms with van der Waals surface area (Å²) in [6, 6.07) is 15.0. The summed E-state index contributed by atoms with van der Waals surface area (Å²) in [6.07, 6.45) is 1.65. The lowest BCUT2D eigenvalue weighted by Gasteiger charge is -2.06. The van der Waals surface area contributed by atoms with E-state index < -0.39 is 0 Å². The van der Waals surface area contributed by atoms with E-state index in [0.29, 0.717) is 10.6 Å². The topological polar surface area (TPSA) is 32.6 Å².